The summed E-state index contributed by atoms with van der Waals surface area (Å²) in [6.45, 7) is 9.68. The van der Waals surface area contributed by atoms with Crippen molar-refractivity contribution in [3.63, 3.8) is 0 Å². The van der Waals surface area contributed by atoms with Crippen molar-refractivity contribution in [2.75, 3.05) is 37.7 Å². The van der Waals surface area contributed by atoms with Gasteiger partial charge in [-0.1, -0.05) is 35.9 Å². The molecule has 33 heavy (non-hydrogen) atoms. The van der Waals surface area contributed by atoms with Crippen LogP contribution in [0, 0.1) is 13.8 Å². The van der Waals surface area contributed by atoms with Crippen LogP contribution in [0.25, 0.3) is 0 Å². The van der Waals surface area contributed by atoms with E-state index in [1.54, 1.807) is 0 Å². The molecule has 0 bridgehead atoms. The molecule has 0 aliphatic carbocycles. The first-order valence-electron chi connectivity index (χ1n) is 11.8. The molecule has 2 aliphatic rings. The molecule has 0 saturated carbocycles. The van der Waals surface area contributed by atoms with Gasteiger partial charge in [-0.15, -0.1) is 5.10 Å². The zero-order valence-corrected chi connectivity index (χ0v) is 20.1. The van der Waals surface area contributed by atoms with Crippen LogP contribution in [-0.4, -0.2) is 64.0 Å². The first kappa shape index (κ1) is 22.3. The van der Waals surface area contributed by atoms with Gasteiger partial charge in [0.25, 0.3) is 0 Å². The Balaban J connectivity index is 1.40. The third-order valence-electron chi connectivity index (χ3n) is 6.99. The molecular formula is C25H31ClN6O. The molecule has 8 heteroatoms. The molecule has 174 valence electrons. The normalized spacial score (nSPS) is 20.3. The van der Waals surface area contributed by atoms with Gasteiger partial charge < -0.3 is 9.64 Å². The highest BCUT2D eigenvalue weighted by atomic mass is 35.5. The topological polar surface area (TPSA) is 59.3 Å². The molecule has 7 nitrogen and oxygen atoms in total. The van der Waals surface area contributed by atoms with Gasteiger partial charge in [-0.3, -0.25) is 4.90 Å². The smallest absolute Gasteiger partial charge is 0.173 e. The molecule has 2 saturated heterocycles. The number of piperazine rings is 1. The van der Waals surface area contributed by atoms with Crippen molar-refractivity contribution in [3.8, 4) is 0 Å². The molecule has 1 aromatic heterocycles. The lowest BCUT2D eigenvalue weighted by Gasteiger charge is -2.40. The quantitative estimate of drug-likeness (QED) is 0.546. The number of anilines is 1. The average Bonchev–Trinajstić information content (AvgIpc) is 3.51. The van der Waals surface area contributed by atoms with Crippen LogP contribution >= 0.6 is 11.6 Å². The zero-order valence-electron chi connectivity index (χ0n) is 19.3. The predicted octanol–water partition coefficient (Wildman–Crippen LogP) is 4.03. The van der Waals surface area contributed by atoms with E-state index < -0.39 is 0 Å². The number of benzene rings is 2. The summed E-state index contributed by atoms with van der Waals surface area (Å²) in [6.07, 6.45) is 2.34. The van der Waals surface area contributed by atoms with Crippen LogP contribution in [0.1, 0.15) is 41.4 Å². The summed E-state index contributed by atoms with van der Waals surface area (Å²) in [6, 6.07) is 14.6. The molecule has 0 amide bonds. The second-order valence-corrected chi connectivity index (χ2v) is 9.49. The van der Waals surface area contributed by atoms with Gasteiger partial charge >= 0.3 is 0 Å². The van der Waals surface area contributed by atoms with E-state index in [1.807, 2.05) is 16.8 Å². The summed E-state index contributed by atoms with van der Waals surface area (Å²) in [5.74, 6) is 0.869. The van der Waals surface area contributed by atoms with E-state index in [1.165, 1.54) is 16.8 Å². The van der Waals surface area contributed by atoms with Gasteiger partial charge in [0, 0.05) is 43.5 Å². The lowest BCUT2D eigenvalue weighted by atomic mass is 10.0. The van der Waals surface area contributed by atoms with E-state index in [2.05, 4.69) is 69.5 Å². The van der Waals surface area contributed by atoms with Crippen LogP contribution in [0.3, 0.4) is 0 Å². The van der Waals surface area contributed by atoms with Gasteiger partial charge in [0.15, 0.2) is 5.82 Å². The fourth-order valence-corrected chi connectivity index (χ4v) is 5.11. The lowest BCUT2D eigenvalue weighted by Crippen LogP contribution is -2.48. The highest BCUT2D eigenvalue weighted by molar-refractivity contribution is 6.30. The van der Waals surface area contributed by atoms with E-state index in [-0.39, 0.29) is 12.1 Å². The molecule has 0 N–H and O–H groups in total. The second kappa shape index (κ2) is 9.79. The molecule has 5 rings (SSSR count). The SMILES string of the molecule is Cc1cccc(N2CCN(C(c3ccc(Cl)cc3)c3nnnn3CC3CCCO3)CC2)c1C. The molecule has 2 fully saturated rings. The zero-order chi connectivity index (χ0) is 22.8. The molecule has 2 atom stereocenters. The Kier molecular flexibility index (Phi) is 6.62. The molecule has 3 heterocycles. The van der Waals surface area contributed by atoms with Gasteiger partial charge in [-0.2, -0.15) is 0 Å². The van der Waals surface area contributed by atoms with E-state index in [4.69, 9.17) is 16.3 Å². The van der Waals surface area contributed by atoms with E-state index in [9.17, 15) is 0 Å². The Bertz CT molecular complexity index is 1070. The van der Waals surface area contributed by atoms with Crippen LogP contribution in [0.15, 0.2) is 42.5 Å². The van der Waals surface area contributed by atoms with E-state index in [0.717, 1.165) is 62.0 Å². The molecule has 2 unspecified atom stereocenters. The highest BCUT2D eigenvalue weighted by Crippen LogP contribution is 2.31. The summed E-state index contributed by atoms with van der Waals surface area (Å²) in [5, 5.41) is 13.6. The molecule has 2 aliphatic heterocycles. The number of halogens is 1. The standard InChI is InChI=1S/C25H31ClN6O/c1-18-5-3-7-23(19(18)2)30-12-14-31(15-13-30)24(20-8-10-21(26)11-9-20)25-27-28-29-32(25)17-22-6-4-16-33-22/h3,5,7-11,22,24H,4,6,12-17H2,1-2H3. The minimum Gasteiger partial charge on any atom is -0.376 e. The lowest BCUT2D eigenvalue weighted by molar-refractivity contribution is 0.0906. The van der Waals surface area contributed by atoms with Crippen molar-refractivity contribution in [2.45, 2.75) is 45.4 Å². The second-order valence-electron chi connectivity index (χ2n) is 9.05. The number of ether oxygens (including phenoxy) is 1. The first-order chi connectivity index (χ1) is 16.1. The minimum atomic E-state index is -0.0283. The summed E-state index contributed by atoms with van der Waals surface area (Å²) >= 11 is 6.20. The Hall–Kier alpha value is -2.48. The number of nitrogens with zero attached hydrogens (tertiary/aromatic N) is 6. The molecular weight excluding hydrogens is 436 g/mol. The number of rotatable bonds is 6. The Morgan fingerprint density at radius 3 is 2.58 bits per heavy atom. The van der Waals surface area contributed by atoms with Crippen molar-refractivity contribution in [2.24, 2.45) is 0 Å². The number of aryl methyl sites for hydroxylation is 1. The largest absolute Gasteiger partial charge is 0.376 e. The monoisotopic (exact) mass is 466 g/mol. The maximum Gasteiger partial charge on any atom is 0.173 e. The Morgan fingerprint density at radius 2 is 1.85 bits per heavy atom. The van der Waals surface area contributed by atoms with Crippen molar-refractivity contribution in [3.05, 3.63) is 70.0 Å². The van der Waals surface area contributed by atoms with Crippen LogP contribution < -0.4 is 4.90 Å². The molecule has 0 radical (unpaired) electrons. The van der Waals surface area contributed by atoms with Crippen molar-refractivity contribution >= 4 is 17.3 Å². The van der Waals surface area contributed by atoms with Gasteiger partial charge in [0.1, 0.15) is 0 Å². The Morgan fingerprint density at radius 1 is 1.06 bits per heavy atom. The minimum absolute atomic E-state index is 0.0283. The van der Waals surface area contributed by atoms with Crippen molar-refractivity contribution in [1.29, 1.82) is 0 Å². The average molecular weight is 467 g/mol. The highest BCUT2D eigenvalue weighted by Gasteiger charge is 2.32. The third kappa shape index (κ3) is 4.76. The number of aromatic nitrogens is 4. The molecule has 3 aromatic rings. The van der Waals surface area contributed by atoms with E-state index in [0.29, 0.717) is 6.54 Å². The third-order valence-corrected chi connectivity index (χ3v) is 7.24. The fourth-order valence-electron chi connectivity index (χ4n) is 4.99. The number of hydrogen-bond acceptors (Lipinski definition) is 6. The van der Waals surface area contributed by atoms with Crippen LogP contribution in [-0.2, 0) is 11.3 Å². The summed E-state index contributed by atoms with van der Waals surface area (Å²) < 4.78 is 7.79. The summed E-state index contributed by atoms with van der Waals surface area (Å²) in [7, 11) is 0. The van der Waals surface area contributed by atoms with Gasteiger partial charge in [0.2, 0.25) is 0 Å². The maximum absolute atomic E-state index is 6.20. The summed E-state index contributed by atoms with van der Waals surface area (Å²) in [4.78, 5) is 4.98. The number of hydrogen-bond donors (Lipinski definition) is 0. The summed E-state index contributed by atoms with van der Waals surface area (Å²) in [5.41, 5.74) is 5.19. The predicted molar refractivity (Wildman–Crippen MR) is 130 cm³/mol. The fraction of sp³-hybridized carbons (Fsp3) is 0.480. The van der Waals surface area contributed by atoms with E-state index >= 15 is 0 Å². The van der Waals surface area contributed by atoms with Gasteiger partial charge in [-0.05, 0) is 72.0 Å². The van der Waals surface area contributed by atoms with Crippen LogP contribution in [0.2, 0.25) is 5.02 Å². The number of tetrazole rings is 1. The van der Waals surface area contributed by atoms with Gasteiger partial charge in [-0.25, -0.2) is 4.68 Å². The van der Waals surface area contributed by atoms with Crippen molar-refractivity contribution in [1.82, 2.24) is 25.1 Å². The molecule has 2 aromatic carbocycles. The van der Waals surface area contributed by atoms with Gasteiger partial charge in [0.05, 0.1) is 18.7 Å². The van der Waals surface area contributed by atoms with Crippen LogP contribution in [0.4, 0.5) is 5.69 Å². The first-order valence-corrected chi connectivity index (χ1v) is 12.2. The Labute approximate surface area is 200 Å². The maximum atomic E-state index is 6.20. The van der Waals surface area contributed by atoms with Crippen molar-refractivity contribution < 1.29 is 4.74 Å². The molecule has 0 spiro atoms. The van der Waals surface area contributed by atoms with Crippen LogP contribution in [0.5, 0.6) is 0 Å².